The fraction of sp³-hybridized carbons (Fsp3) is 0.400. The summed E-state index contributed by atoms with van der Waals surface area (Å²) in [5, 5.41) is 9.65. The summed E-state index contributed by atoms with van der Waals surface area (Å²) in [6, 6.07) is 4.29. The van der Waals surface area contributed by atoms with Crippen molar-refractivity contribution in [3.63, 3.8) is 0 Å². The molecular weight excluding hydrogens is 452 g/mol. The molecule has 0 radical (unpaired) electrons. The highest BCUT2D eigenvalue weighted by atomic mass is 79.9. The summed E-state index contributed by atoms with van der Waals surface area (Å²) >= 11 is 3.62. The number of likely N-dealkylation sites (N-methyl/N-ethyl adjacent to an activating group) is 1. The molecule has 31 heavy (non-hydrogen) atoms. The molecule has 3 rings (SSSR count). The Balaban J connectivity index is 1.71. The summed E-state index contributed by atoms with van der Waals surface area (Å²) in [7, 11) is 3.49. The second kappa shape index (κ2) is 10.2. The zero-order valence-corrected chi connectivity index (χ0v) is 20.3. The van der Waals surface area contributed by atoms with Gasteiger partial charge >= 0.3 is 0 Å². The van der Waals surface area contributed by atoms with Crippen LogP contribution < -0.4 is 0 Å². The first-order valence-corrected chi connectivity index (χ1v) is 11.3. The maximum Gasteiger partial charge on any atom is 0.249 e. The van der Waals surface area contributed by atoms with Gasteiger partial charge in [0.2, 0.25) is 5.91 Å². The van der Waals surface area contributed by atoms with Gasteiger partial charge in [-0.05, 0) is 56.4 Å². The number of allylic oxidation sites excluding steroid dienone is 3. The molecular formula is C25H29BrN4O. The van der Waals surface area contributed by atoms with Crippen LogP contribution in [-0.4, -0.2) is 54.4 Å². The summed E-state index contributed by atoms with van der Waals surface area (Å²) in [6.45, 7) is 6.90. The van der Waals surface area contributed by atoms with Crippen LogP contribution in [0.2, 0.25) is 0 Å². The monoisotopic (exact) mass is 480 g/mol. The van der Waals surface area contributed by atoms with E-state index in [0.717, 1.165) is 59.4 Å². The minimum absolute atomic E-state index is 0.00616. The lowest BCUT2D eigenvalue weighted by Gasteiger charge is -2.29. The minimum Gasteiger partial charge on any atom is -0.345 e. The standard InChI is InChI=1S/C25H29BrN4O/c1-17(13-23-18(2)28-10-7-24(23)26)16-30-11-8-19(9-12-30)22-6-5-20(14-21(22)15-27)25(31)29(3)4/h7-8,10,13-14H,5-6,9,11-12,16H2,1-4H3/b17-13+. The molecule has 162 valence electrons. The van der Waals surface area contributed by atoms with Gasteiger partial charge in [-0.2, -0.15) is 5.26 Å². The first-order valence-electron chi connectivity index (χ1n) is 10.6. The molecule has 6 heteroatoms. The number of aryl methyl sites for hydroxylation is 1. The van der Waals surface area contributed by atoms with Gasteiger partial charge in [-0.1, -0.05) is 33.7 Å². The van der Waals surface area contributed by atoms with Crippen LogP contribution in [0.4, 0.5) is 0 Å². The lowest BCUT2D eigenvalue weighted by molar-refractivity contribution is -0.124. The molecule has 0 spiro atoms. The SMILES string of the molecule is C/C(=C\c1c(Br)ccnc1C)CN1CC=C(C2=C(C#N)C=C(C(=O)N(C)C)CC2)CC1. The number of carbonyl (C=O) groups excluding carboxylic acids is 1. The minimum atomic E-state index is -0.00616. The third kappa shape index (κ3) is 5.61. The quantitative estimate of drug-likeness (QED) is 0.606. The zero-order chi connectivity index (χ0) is 22.5. The van der Waals surface area contributed by atoms with Crippen molar-refractivity contribution in [1.29, 1.82) is 5.26 Å². The maximum atomic E-state index is 12.3. The second-order valence-electron chi connectivity index (χ2n) is 8.37. The Morgan fingerprint density at radius 2 is 2.13 bits per heavy atom. The van der Waals surface area contributed by atoms with E-state index in [1.165, 1.54) is 11.1 Å². The molecule has 0 atom stereocenters. The van der Waals surface area contributed by atoms with Gasteiger partial charge in [-0.15, -0.1) is 0 Å². The second-order valence-corrected chi connectivity index (χ2v) is 9.22. The van der Waals surface area contributed by atoms with Gasteiger partial charge in [-0.3, -0.25) is 14.7 Å². The Hall–Kier alpha value is -2.49. The zero-order valence-electron chi connectivity index (χ0n) is 18.7. The van der Waals surface area contributed by atoms with Crippen LogP contribution in [0.1, 0.15) is 37.4 Å². The maximum absolute atomic E-state index is 12.3. The van der Waals surface area contributed by atoms with Crippen molar-refractivity contribution < 1.29 is 4.79 Å². The molecule has 1 aliphatic heterocycles. The highest BCUT2D eigenvalue weighted by Gasteiger charge is 2.23. The van der Waals surface area contributed by atoms with E-state index in [0.29, 0.717) is 12.0 Å². The van der Waals surface area contributed by atoms with Crippen LogP contribution in [0, 0.1) is 18.3 Å². The third-order valence-electron chi connectivity index (χ3n) is 5.77. The molecule has 0 bridgehead atoms. The van der Waals surface area contributed by atoms with Crippen molar-refractivity contribution in [2.75, 3.05) is 33.7 Å². The van der Waals surface area contributed by atoms with Crippen LogP contribution in [-0.2, 0) is 4.79 Å². The average Bonchev–Trinajstić information content (AvgIpc) is 2.76. The van der Waals surface area contributed by atoms with E-state index in [4.69, 9.17) is 0 Å². The van der Waals surface area contributed by atoms with Crippen molar-refractivity contribution in [2.45, 2.75) is 33.1 Å². The number of amides is 1. The van der Waals surface area contributed by atoms with Crippen molar-refractivity contribution in [3.05, 3.63) is 68.0 Å². The van der Waals surface area contributed by atoms with Gasteiger partial charge in [0.1, 0.15) is 0 Å². The van der Waals surface area contributed by atoms with E-state index in [9.17, 15) is 10.1 Å². The highest BCUT2D eigenvalue weighted by molar-refractivity contribution is 9.10. The third-order valence-corrected chi connectivity index (χ3v) is 6.46. The normalized spacial score (nSPS) is 17.7. The molecule has 2 heterocycles. The van der Waals surface area contributed by atoms with Gasteiger partial charge in [0, 0.05) is 61.2 Å². The number of halogens is 1. The van der Waals surface area contributed by atoms with Crippen molar-refractivity contribution >= 4 is 27.9 Å². The van der Waals surface area contributed by atoms with Crippen LogP contribution in [0.5, 0.6) is 0 Å². The number of aromatic nitrogens is 1. The smallest absolute Gasteiger partial charge is 0.249 e. The van der Waals surface area contributed by atoms with Crippen molar-refractivity contribution in [3.8, 4) is 6.07 Å². The summed E-state index contributed by atoms with van der Waals surface area (Å²) in [5.41, 5.74) is 7.17. The summed E-state index contributed by atoms with van der Waals surface area (Å²) < 4.78 is 1.06. The summed E-state index contributed by atoms with van der Waals surface area (Å²) in [4.78, 5) is 20.6. The Bertz CT molecular complexity index is 1020. The lowest BCUT2D eigenvalue weighted by atomic mass is 9.85. The predicted molar refractivity (Wildman–Crippen MR) is 128 cm³/mol. The molecule has 0 saturated heterocycles. The first kappa shape index (κ1) is 23.2. The molecule has 2 aliphatic rings. The number of rotatable bonds is 5. The number of nitrogens with zero attached hydrogens (tertiary/aromatic N) is 4. The van der Waals surface area contributed by atoms with E-state index in [2.05, 4.69) is 51.0 Å². The topological polar surface area (TPSA) is 60.2 Å². The Morgan fingerprint density at radius 3 is 2.74 bits per heavy atom. The Kier molecular flexibility index (Phi) is 7.64. The molecule has 1 aromatic heterocycles. The number of hydrogen-bond acceptors (Lipinski definition) is 4. The predicted octanol–water partition coefficient (Wildman–Crippen LogP) is 4.82. The van der Waals surface area contributed by atoms with Crippen LogP contribution in [0.3, 0.4) is 0 Å². The number of pyridine rings is 1. The number of nitriles is 1. The van der Waals surface area contributed by atoms with E-state index in [-0.39, 0.29) is 5.91 Å². The van der Waals surface area contributed by atoms with Crippen molar-refractivity contribution in [2.24, 2.45) is 0 Å². The molecule has 1 amide bonds. The van der Waals surface area contributed by atoms with Gasteiger partial charge in [0.25, 0.3) is 0 Å². The first-order chi connectivity index (χ1) is 14.8. The van der Waals surface area contributed by atoms with Gasteiger partial charge in [0.15, 0.2) is 0 Å². The molecule has 0 unspecified atom stereocenters. The van der Waals surface area contributed by atoms with Crippen molar-refractivity contribution in [1.82, 2.24) is 14.8 Å². The lowest BCUT2D eigenvalue weighted by Crippen LogP contribution is -2.31. The average molecular weight is 481 g/mol. The molecule has 1 aliphatic carbocycles. The Labute approximate surface area is 193 Å². The largest absolute Gasteiger partial charge is 0.345 e. The molecule has 1 aromatic rings. The van der Waals surface area contributed by atoms with Gasteiger partial charge in [-0.25, -0.2) is 0 Å². The van der Waals surface area contributed by atoms with Crippen LogP contribution >= 0.6 is 15.9 Å². The molecule has 0 N–H and O–H groups in total. The number of carbonyl (C=O) groups is 1. The number of hydrogen-bond donors (Lipinski definition) is 0. The van der Waals surface area contributed by atoms with Gasteiger partial charge < -0.3 is 4.90 Å². The highest BCUT2D eigenvalue weighted by Crippen LogP contribution is 2.32. The molecule has 0 aromatic carbocycles. The summed E-state index contributed by atoms with van der Waals surface area (Å²) in [5.74, 6) is -0.00616. The fourth-order valence-corrected chi connectivity index (χ4v) is 4.63. The Morgan fingerprint density at radius 1 is 1.35 bits per heavy atom. The van der Waals surface area contributed by atoms with Gasteiger partial charge in [0.05, 0.1) is 11.6 Å². The van der Waals surface area contributed by atoms with Crippen LogP contribution in [0.25, 0.3) is 6.08 Å². The molecule has 0 fully saturated rings. The van der Waals surface area contributed by atoms with E-state index in [1.54, 1.807) is 25.1 Å². The molecule has 5 nitrogen and oxygen atoms in total. The van der Waals surface area contributed by atoms with E-state index in [1.807, 2.05) is 19.2 Å². The molecule has 0 saturated carbocycles. The van der Waals surface area contributed by atoms with E-state index < -0.39 is 0 Å². The summed E-state index contributed by atoms with van der Waals surface area (Å²) in [6.07, 6.45) is 10.4. The van der Waals surface area contributed by atoms with Crippen LogP contribution in [0.15, 0.2) is 56.8 Å². The fourth-order valence-electron chi connectivity index (χ4n) is 4.11. The van der Waals surface area contributed by atoms with E-state index >= 15 is 0 Å².